The number of alkyl halides is 2. The largest absolute Gasteiger partial charge is 0.383 e. The van der Waals surface area contributed by atoms with E-state index in [1.54, 1.807) is 7.11 Å². The van der Waals surface area contributed by atoms with Crippen LogP contribution in [-0.2, 0) is 11.2 Å². The van der Waals surface area contributed by atoms with Crippen molar-refractivity contribution in [3.05, 3.63) is 40.7 Å². The first-order valence-electron chi connectivity index (χ1n) is 9.89. The van der Waals surface area contributed by atoms with Crippen LogP contribution in [0, 0.1) is 11.3 Å². The summed E-state index contributed by atoms with van der Waals surface area (Å²) in [5.74, 6) is 0.356. The summed E-state index contributed by atoms with van der Waals surface area (Å²) in [7, 11) is 1.56. The van der Waals surface area contributed by atoms with Crippen molar-refractivity contribution in [2.75, 3.05) is 35.8 Å². The molecule has 2 N–H and O–H groups in total. The van der Waals surface area contributed by atoms with E-state index in [2.05, 4.69) is 20.6 Å². The molecule has 1 unspecified atom stereocenters. The van der Waals surface area contributed by atoms with Gasteiger partial charge >= 0.3 is 6.03 Å². The molecule has 3 rings (SSSR count). The van der Waals surface area contributed by atoms with Gasteiger partial charge in [-0.1, -0.05) is 0 Å². The maximum Gasteiger partial charge on any atom is 0.328 e. The number of nitrogens with zero attached hydrogens (tertiary/aromatic N) is 4. The molecule has 0 saturated carbocycles. The van der Waals surface area contributed by atoms with Gasteiger partial charge in [-0.15, -0.1) is 0 Å². The number of aryl methyl sites for hydroxylation is 1. The van der Waals surface area contributed by atoms with Gasteiger partial charge in [-0.3, -0.25) is 15.0 Å². The fourth-order valence-electron chi connectivity index (χ4n) is 3.46. The zero-order chi connectivity index (χ0) is 23.3. The van der Waals surface area contributed by atoms with Crippen LogP contribution < -0.4 is 15.5 Å². The molecule has 32 heavy (non-hydrogen) atoms. The van der Waals surface area contributed by atoms with Crippen LogP contribution in [0.5, 0.6) is 0 Å². The molecule has 9 nitrogen and oxygen atoms in total. The lowest BCUT2D eigenvalue weighted by atomic mass is 10.0. The van der Waals surface area contributed by atoms with Gasteiger partial charge in [0.15, 0.2) is 6.29 Å². The normalized spacial score (nSPS) is 13.8. The van der Waals surface area contributed by atoms with Crippen molar-refractivity contribution in [1.82, 2.24) is 9.97 Å². The van der Waals surface area contributed by atoms with Gasteiger partial charge in [0.05, 0.1) is 17.9 Å². The Labute approximate surface area is 183 Å². The molecular formula is C21H22F2N6O3. The maximum atomic E-state index is 13.2. The van der Waals surface area contributed by atoms with Gasteiger partial charge in [0.25, 0.3) is 6.43 Å². The van der Waals surface area contributed by atoms with E-state index >= 15 is 0 Å². The van der Waals surface area contributed by atoms with Gasteiger partial charge in [-0.25, -0.2) is 23.5 Å². The summed E-state index contributed by atoms with van der Waals surface area (Å²) in [6.07, 6.45) is -0.238. The molecule has 2 aromatic rings. The van der Waals surface area contributed by atoms with Crippen LogP contribution in [0.3, 0.4) is 0 Å². The van der Waals surface area contributed by atoms with Crippen molar-refractivity contribution < 1.29 is 23.1 Å². The lowest BCUT2D eigenvalue weighted by Crippen LogP contribution is -2.40. The molecule has 11 heteroatoms. The van der Waals surface area contributed by atoms with Crippen molar-refractivity contribution in [1.29, 1.82) is 5.26 Å². The van der Waals surface area contributed by atoms with E-state index in [-0.39, 0.29) is 24.0 Å². The van der Waals surface area contributed by atoms with Crippen LogP contribution in [0.1, 0.15) is 46.9 Å². The summed E-state index contributed by atoms with van der Waals surface area (Å²) >= 11 is 0. The fourth-order valence-corrected chi connectivity index (χ4v) is 3.46. The first-order valence-corrected chi connectivity index (χ1v) is 9.89. The summed E-state index contributed by atoms with van der Waals surface area (Å²) < 4.78 is 31.5. The van der Waals surface area contributed by atoms with E-state index in [0.29, 0.717) is 42.8 Å². The highest BCUT2D eigenvalue weighted by Crippen LogP contribution is 2.31. The molecule has 3 heterocycles. The van der Waals surface area contributed by atoms with Gasteiger partial charge < -0.3 is 10.1 Å². The van der Waals surface area contributed by atoms with Crippen molar-refractivity contribution in [2.45, 2.75) is 32.2 Å². The van der Waals surface area contributed by atoms with Crippen LogP contribution in [0.25, 0.3) is 0 Å². The summed E-state index contributed by atoms with van der Waals surface area (Å²) in [6, 6.07) is 4.12. The molecule has 0 bridgehead atoms. The number of hydrogen-bond donors (Lipinski definition) is 2. The molecule has 1 aliphatic rings. The number of hydrogen-bond acceptors (Lipinski definition) is 7. The Morgan fingerprint density at radius 3 is 2.88 bits per heavy atom. The Bertz CT molecular complexity index is 1060. The number of amides is 2. The number of anilines is 3. The minimum absolute atomic E-state index is 0.0954. The van der Waals surface area contributed by atoms with Gasteiger partial charge in [-0.05, 0) is 31.4 Å². The number of halogens is 2. The lowest BCUT2D eigenvalue weighted by molar-refractivity contribution is 0.110. The number of nitrogens with one attached hydrogen (secondary N) is 2. The molecule has 1 aliphatic heterocycles. The quantitative estimate of drug-likeness (QED) is 0.627. The third-order valence-corrected chi connectivity index (χ3v) is 4.89. The van der Waals surface area contributed by atoms with Crippen LogP contribution in [-0.4, -0.2) is 48.6 Å². The Balaban J connectivity index is 1.86. The smallest absolute Gasteiger partial charge is 0.328 e. The van der Waals surface area contributed by atoms with Crippen LogP contribution in [0.15, 0.2) is 18.3 Å². The maximum absolute atomic E-state index is 13.2. The third-order valence-electron chi connectivity index (χ3n) is 4.89. The molecule has 0 spiro atoms. The van der Waals surface area contributed by atoms with Crippen LogP contribution >= 0.6 is 0 Å². The fraction of sp³-hybridized carbons (Fsp3) is 0.381. The number of carbonyl (C=O) groups excluding carboxylic acids is 2. The van der Waals surface area contributed by atoms with Crippen LogP contribution in [0.2, 0.25) is 0 Å². The molecule has 0 fully saturated rings. The van der Waals surface area contributed by atoms with Crippen LogP contribution in [0.4, 0.5) is 30.9 Å². The van der Waals surface area contributed by atoms with Crippen molar-refractivity contribution in [3.8, 4) is 6.07 Å². The van der Waals surface area contributed by atoms with E-state index < -0.39 is 23.7 Å². The second-order valence-corrected chi connectivity index (χ2v) is 7.28. The number of ether oxygens (including phenoxy) is 1. The topological polar surface area (TPSA) is 120 Å². The molecule has 0 aliphatic carbocycles. The summed E-state index contributed by atoms with van der Waals surface area (Å²) in [5.41, 5.74) is 0.399. The number of pyridine rings is 2. The zero-order valence-electron chi connectivity index (χ0n) is 17.6. The predicted octanol–water partition coefficient (Wildman–Crippen LogP) is 3.53. The number of methoxy groups -OCH3 is 1. The number of carbonyl (C=O) groups is 2. The number of nitriles is 1. The highest BCUT2D eigenvalue weighted by atomic mass is 19.3. The van der Waals surface area contributed by atoms with E-state index in [1.807, 2.05) is 13.0 Å². The first kappa shape index (κ1) is 23.0. The monoisotopic (exact) mass is 444 g/mol. The Morgan fingerprint density at radius 1 is 1.44 bits per heavy atom. The molecule has 2 aromatic heterocycles. The standard InChI is InChI=1S/C21H22F2N6O3/c1-12(11-32-2)26-16-7-18(25-9-14(16)8-24)28-21(31)29-5-3-4-13-6-15(19(22)23)17(10-30)27-20(13)29/h6-7,9-10,12,19H,3-5,11H2,1-2H3,(H2,25,26,28,31). The van der Waals surface area contributed by atoms with E-state index in [1.165, 1.54) is 23.2 Å². The minimum Gasteiger partial charge on any atom is -0.383 e. The van der Waals surface area contributed by atoms with Crippen molar-refractivity contribution >= 4 is 29.6 Å². The second kappa shape index (κ2) is 10.1. The summed E-state index contributed by atoms with van der Waals surface area (Å²) in [6.45, 7) is 2.58. The molecule has 168 valence electrons. The Kier molecular flexibility index (Phi) is 7.27. The second-order valence-electron chi connectivity index (χ2n) is 7.28. The predicted molar refractivity (Wildman–Crippen MR) is 113 cm³/mol. The van der Waals surface area contributed by atoms with Gasteiger partial charge in [0.2, 0.25) is 0 Å². The minimum atomic E-state index is -2.84. The summed E-state index contributed by atoms with van der Waals surface area (Å²) in [4.78, 5) is 33.6. The van der Waals surface area contributed by atoms with E-state index in [0.717, 1.165) is 0 Å². The lowest BCUT2D eigenvalue weighted by Gasteiger charge is -2.29. The SMILES string of the molecule is COCC(C)Nc1cc(NC(=O)N2CCCc3cc(C(F)F)c(C=O)nc32)ncc1C#N. The molecule has 1 atom stereocenters. The molecule has 2 amide bonds. The van der Waals surface area contributed by atoms with Crippen molar-refractivity contribution in [2.24, 2.45) is 0 Å². The first-order chi connectivity index (χ1) is 15.4. The summed E-state index contributed by atoms with van der Waals surface area (Å²) in [5, 5.41) is 15.1. The van der Waals surface area contributed by atoms with Gasteiger partial charge in [0.1, 0.15) is 23.4 Å². The number of rotatable bonds is 7. The third kappa shape index (κ3) is 4.97. The average Bonchev–Trinajstić information content (AvgIpc) is 2.77. The zero-order valence-corrected chi connectivity index (χ0v) is 17.6. The molecule has 0 aromatic carbocycles. The van der Waals surface area contributed by atoms with Gasteiger partial charge in [0, 0.05) is 37.5 Å². The Hall–Kier alpha value is -3.65. The number of aromatic nitrogens is 2. The number of aldehydes is 1. The number of fused-ring (bicyclic) bond motifs is 1. The van der Waals surface area contributed by atoms with Crippen molar-refractivity contribution in [3.63, 3.8) is 0 Å². The highest BCUT2D eigenvalue weighted by molar-refractivity contribution is 6.01. The van der Waals surface area contributed by atoms with E-state index in [4.69, 9.17) is 4.74 Å². The number of urea groups is 1. The van der Waals surface area contributed by atoms with E-state index in [9.17, 15) is 23.6 Å². The van der Waals surface area contributed by atoms with Gasteiger partial charge in [-0.2, -0.15) is 5.26 Å². The average molecular weight is 444 g/mol. The molecular weight excluding hydrogens is 422 g/mol. The Morgan fingerprint density at radius 2 is 2.22 bits per heavy atom. The molecule has 0 saturated heterocycles. The molecule has 0 radical (unpaired) electrons. The highest BCUT2D eigenvalue weighted by Gasteiger charge is 2.28.